The van der Waals surface area contributed by atoms with Crippen molar-refractivity contribution in [3.05, 3.63) is 11.4 Å². The SMILES string of the molecule is C#CCCC1(CCNC(=O)c2nnn(C3CCNCC3)c2C(F)F)N=N1. The Labute approximate surface area is 149 Å². The Morgan fingerprint density at radius 2 is 2.12 bits per heavy atom. The molecule has 2 N–H and O–H groups in total. The summed E-state index contributed by atoms with van der Waals surface area (Å²) in [6.45, 7) is 1.70. The fourth-order valence-electron chi connectivity index (χ4n) is 3.11. The monoisotopic (exact) mass is 365 g/mol. The quantitative estimate of drug-likeness (QED) is 0.687. The number of carbonyl (C=O) groups is 1. The molecule has 1 fully saturated rings. The molecule has 1 aromatic heterocycles. The minimum atomic E-state index is -2.82. The first-order valence-electron chi connectivity index (χ1n) is 8.66. The number of aromatic nitrogens is 3. The van der Waals surface area contributed by atoms with E-state index in [0.717, 1.165) is 13.1 Å². The van der Waals surface area contributed by atoms with Crippen LogP contribution in [-0.2, 0) is 0 Å². The van der Waals surface area contributed by atoms with Crippen molar-refractivity contribution in [1.29, 1.82) is 0 Å². The molecule has 140 valence electrons. The van der Waals surface area contributed by atoms with Gasteiger partial charge in [-0.1, -0.05) is 5.21 Å². The highest BCUT2D eigenvalue weighted by atomic mass is 19.3. The topological polar surface area (TPSA) is 96.6 Å². The number of nitrogens with zero attached hydrogens (tertiary/aromatic N) is 5. The fraction of sp³-hybridized carbons (Fsp3) is 0.688. The Hall–Kier alpha value is -2.41. The van der Waals surface area contributed by atoms with Gasteiger partial charge in [0.1, 0.15) is 5.69 Å². The van der Waals surface area contributed by atoms with Crippen molar-refractivity contribution in [2.45, 2.75) is 50.2 Å². The average Bonchev–Trinajstić information content (AvgIpc) is 3.26. The van der Waals surface area contributed by atoms with Crippen LogP contribution in [0.25, 0.3) is 0 Å². The number of hydrogen-bond donors (Lipinski definition) is 2. The maximum Gasteiger partial charge on any atom is 0.282 e. The van der Waals surface area contributed by atoms with E-state index in [0.29, 0.717) is 32.1 Å². The van der Waals surface area contributed by atoms with Gasteiger partial charge in [-0.3, -0.25) is 4.79 Å². The van der Waals surface area contributed by atoms with Crippen LogP contribution in [0.1, 0.15) is 60.8 Å². The Morgan fingerprint density at radius 3 is 2.73 bits per heavy atom. The number of hydrogen-bond acceptors (Lipinski definition) is 6. The molecule has 0 aromatic carbocycles. The van der Waals surface area contributed by atoms with Gasteiger partial charge in [0.25, 0.3) is 12.3 Å². The summed E-state index contributed by atoms with van der Waals surface area (Å²) in [4.78, 5) is 12.3. The largest absolute Gasteiger partial charge is 0.350 e. The van der Waals surface area contributed by atoms with Gasteiger partial charge >= 0.3 is 0 Å². The first-order chi connectivity index (χ1) is 12.6. The predicted octanol–water partition coefficient (Wildman–Crippen LogP) is 1.84. The molecule has 10 heteroatoms. The maximum absolute atomic E-state index is 13.6. The molecular formula is C16H21F2N7O. The lowest BCUT2D eigenvalue weighted by Gasteiger charge is -2.24. The van der Waals surface area contributed by atoms with Gasteiger partial charge in [0, 0.05) is 25.8 Å². The fourth-order valence-corrected chi connectivity index (χ4v) is 3.11. The van der Waals surface area contributed by atoms with Crippen LogP contribution in [0.15, 0.2) is 10.2 Å². The second kappa shape index (κ2) is 7.86. The number of amides is 1. The first-order valence-corrected chi connectivity index (χ1v) is 8.66. The van der Waals surface area contributed by atoms with Crippen LogP contribution in [-0.4, -0.2) is 46.2 Å². The molecule has 0 saturated carbocycles. The Balaban J connectivity index is 1.62. The first kappa shape index (κ1) is 18.4. The minimum absolute atomic E-state index is 0.176. The molecule has 0 spiro atoms. The highest BCUT2D eigenvalue weighted by Gasteiger charge is 2.39. The van der Waals surface area contributed by atoms with Gasteiger partial charge in [-0.2, -0.15) is 10.2 Å². The third-order valence-electron chi connectivity index (χ3n) is 4.67. The molecule has 3 rings (SSSR count). The van der Waals surface area contributed by atoms with E-state index in [2.05, 4.69) is 37.1 Å². The Bertz CT molecular complexity index is 713. The molecule has 0 bridgehead atoms. The van der Waals surface area contributed by atoms with Crippen molar-refractivity contribution in [3.63, 3.8) is 0 Å². The summed E-state index contributed by atoms with van der Waals surface area (Å²) in [5.74, 6) is 1.87. The molecule has 1 saturated heterocycles. The van der Waals surface area contributed by atoms with E-state index in [-0.39, 0.29) is 18.3 Å². The summed E-state index contributed by atoms with van der Waals surface area (Å²) in [5.41, 5.74) is -1.27. The van der Waals surface area contributed by atoms with E-state index in [1.807, 2.05) is 0 Å². The summed E-state index contributed by atoms with van der Waals surface area (Å²) in [7, 11) is 0. The van der Waals surface area contributed by atoms with E-state index in [1.54, 1.807) is 0 Å². The van der Waals surface area contributed by atoms with Crippen LogP contribution in [0.2, 0.25) is 0 Å². The van der Waals surface area contributed by atoms with E-state index in [4.69, 9.17) is 6.42 Å². The molecule has 26 heavy (non-hydrogen) atoms. The third kappa shape index (κ3) is 4.04. The van der Waals surface area contributed by atoms with Crippen LogP contribution in [0.4, 0.5) is 8.78 Å². The Kier molecular flexibility index (Phi) is 5.56. The summed E-state index contributed by atoms with van der Waals surface area (Å²) >= 11 is 0. The molecule has 1 aromatic rings. The van der Waals surface area contributed by atoms with Gasteiger partial charge in [-0.15, -0.1) is 17.4 Å². The number of terminal acetylenes is 1. The molecule has 2 aliphatic rings. The van der Waals surface area contributed by atoms with E-state index in [1.165, 1.54) is 4.68 Å². The maximum atomic E-state index is 13.6. The molecule has 0 radical (unpaired) electrons. The second-order valence-electron chi connectivity index (χ2n) is 6.44. The van der Waals surface area contributed by atoms with Gasteiger partial charge < -0.3 is 10.6 Å². The number of rotatable bonds is 8. The van der Waals surface area contributed by atoms with Crippen LogP contribution >= 0.6 is 0 Å². The van der Waals surface area contributed by atoms with Crippen LogP contribution in [0.5, 0.6) is 0 Å². The molecule has 0 unspecified atom stereocenters. The minimum Gasteiger partial charge on any atom is -0.350 e. The van der Waals surface area contributed by atoms with Crippen LogP contribution in [0, 0.1) is 12.3 Å². The zero-order valence-corrected chi connectivity index (χ0v) is 14.3. The molecule has 0 atom stereocenters. The summed E-state index contributed by atoms with van der Waals surface area (Å²) in [5, 5.41) is 21.3. The zero-order valence-electron chi connectivity index (χ0n) is 14.3. The molecular weight excluding hydrogens is 344 g/mol. The highest BCUT2D eigenvalue weighted by molar-refractivity contribution is 5.93. The lowest BCUT2D eigenvalue weighted by molar-refractivity contribution is 0.0927. The van der Waals surface area contributed by atoms with E-state index >= 15 is 0 Å². The molecule has 3 heterocycles. The van der Waals surface area contributed by atoms with Crippen molar-refractivity contribution in [1.82, 2.24) is 25.6 Å². The second-order valence-corrected chi connectivity index (χ2v) is 6.44. The zero-order chi connectivity index (χ0) is 18.6. The summed E-state index contributed by atoms with van der Waals surface area (Å²) < 4.78 is 28.3. The van der Waals surface area contributed by atoms with Crippen LogP contribution in [0.3, 0.4) is 0 Å². The van der Waals surface area contributed by atoms with Crippen molar-refractivity contribution in [2.24, 2.45) is 10.2 Å². The molecule has 0 aliphatic carbocycles. The van der Waals surface area contributed by atoms with Gasteiger partial charge in [0.05, 0.1) is 6.04 Å². The summed E-state index contributed by atoms with van der Waals surface area (Å²) in [6, 6.07) is -0.176. The summed E-state index contributed by atoms with van der Waals surface area (Å²) in [6.07, 6.45) is 5.39. The van der Waals surface area contributed by atoms with E-state index < -0.39 is 23.7 Å². The smallest absolute Gasteiger partial charge is 0.282 e. The number of nitrogens with one attached hydrogen (secondary N) is 2. The molecule has 1 amide bonds. The lowest BCUT2D eigenvalue weighted by atomic mass is 10.0. The van der Waals surface area contributed by atoms with Crippen LogP contribution < -0.4 is 10.6 Å². The number of alkyl halides is 2. The van der Waals surface area contributed by atoms with Gasteiger partial charge in [-0.25, -0.2) is 13.5 Å². The van der Waals surface area contributed by atoms with Gasteiger partial charge in [0.2, 0.25) is 0 Å². The van der Waals surface area contributed by atoms with Crippen molar-refractivity contribution in [3.8, 4) is 12.3 Å². The van der Waals surface area contributed by atoms with Gasteiger partial charge in [-0.05, 0) is 25.9 Å². The van der Waals surface area contributed by atoms with E-state index in [9.17, 15) is 13.6 Å². The van der Waals surface area contributed by atoms with Crippen molar-refractivity contribution < 1.29 is 13.6 Å². The average molecular weight is 365 g/mol. The number of halogens is 2. The van der Waals surface area contributed by atoms with Gasteiger partial charge in [0.15, 0.2) is 11.4 Å². The van der Waals surface area contributed by atoms with Crippen molar-refractivity contribution in [2.75, 3.05) is 19.6 Å². The molecule has 8 nitrogen and oxygen atoms in total. The number of piperidine rings is 1. The van der Waals surface area contributed by atoms with Crippen molar-refractivity contribution >= 4 is 5.91 Å². The Morgan fingerprint density at radius 1 is 1.38 bits per heavy atom. The normalized spacial score (nSPS) is 18.7. The lowest BCUT2D eigenvalue weighted by Crippen LogP contribution is -2.31. The standard InChI is InChI=1S/C16H21F2N7O/c1-2-3-6-16(22-23-16)7-10-20-15(26)12-13(14(17)18)25(24-21-12)11-4-8-19-9-5-11/h1,11,14,19H,3-10H2,(H,20,26). The third-order valence-corrected chi connectivity index (χ3v) is 4.67. The highest BCUT2D eigenvalue weighted by Crippen LogP contribution is 2.36. The molecule has 2 aliphatic heterocycles. The predicted molar refractivity (Wildman–Crippen MR) is 88.7 cm³/mol. The number of carbonyl (C=O) groups excluding carboxylic acids is 1.